The fraction of sp³-hybridized carbons (Fsp3) is 0.462. The number of para-hydroxylation sites is 2. The van der Waals surface area contributed by atoms with Gasteiger partial charge >= 0.3 is 0 Å². The lowest BCUT2D eigenvalue weighted by atomic mass is 10.2. The van der Waals surface area contributed by atoms with Gasteiger partial charge in [0.2, 0.25) is 0 Å². The second-order valence-electron chi connectivity index (χ2n) is 3.94. The fourth-order valence-electron chi connectivity index (χ4n) is 1.42. The summed E-state index contributed by atoms with van der Waals surface area (Å²) < 4.78 is 10.9. The molecule has 0 saturated heterocycles. The number of likely N-dealkylation sites (N-methyl/N-ethyl adjacent to an activating group) is 1. The second kappa shape index (κ2) is 6.77. The van der Waals surface area contributed by atoms with E-state index in [4.69, 9.17) is 14.7 Å². The van der Waals surface area contributed by atoms with Gasteiger partial charge in [-0.3, -0.25) is 0 Å². The third kappa shape index (κ3) is 3.97. The summed E-state index contributed by atoms with van der Waals surface area (Å²) in [5, 5.41) is 8.73. The van der Waals surface area contributed by atoms with Crippen LogP contribution in [0.1, 0.15) is 6.42 Å². The number of benzene rings is 1. The highest BCUT2D eigenvalue weighted by Gasteiger charge is 2.13. The summed E-state index contributed by atoms with van der Waals surface area (Å²) in [7, 11) is 5.49. The minimum absolute atomic E-state index is 0.0879. The molecule has 4 nitrogen and oxygen atoms in total. The van der Waals surface area contributed by atoms with Gasteiger partial charge in [0, 0.05) is 0 Å². The number of rotatable bonds is 6. The van der Waals surface area contributed by atoms with Gasteiger partial charge in [0.15, 0.2) is 11.5 Å². The average molecular weight is 234 g/mol. The standard InChI is InChI=1S/C13H18N2O2/c1-15(2)11(8-9-14)10-17-13-7-5-4-6-12(13)16-3/h4-7,11H,8,10H2,1-3H3. The quantitative estimate of drug-likeness (QED) is 0.754. The summed E-state index contributed by atoms with van der Waals surface area (Å²) in [6.07, 6.45) is 0.447. The van der Waals surface area contributed by atoms with Crippen LogP contribution in [0, 0.1) is 11.3 Å². The molecule has 1 rings (SSSR count). The highest BCUT2D eigenvalue weighted by Crippen LogP contribution is 2.26. The third-order valence-electron chi connectivity index (χ3n) is 2.56. The van der Waals surface area contributed by atoms with Crippen molar-refractivity contribution >= 4 is 0 Å². The number of ether oxygens (including phenoxy) is 2. The Morgan fingerprint density at radius 1 is 1.29 bits per heavy atom. The van der Waals surface area contributed by atoms with E-state index in [-0.39, 0.29) is 6.04 Å². The van der Waals surface area contributed by atoms with Crippen LogP contribution >= 0.6 is 0 Å². The van der Waals surface area contributed by atoms with Crippen molar-refractivity contribution in [3.63, 3.8) is 0 Å². The molecule has 0 aliphatic heterocycles. The summed E-state index contributed by atoms with van der Waals surface area (Å²) in [5.41, 5.74) is 0. The summed E-state index contributed by atoms with van der Waals surface area (Å²) in [6.45, 7) is 0.473. The van der Waals surface area contributed by atoms with Crippen molar-refractivity contribution < 1.29 is 9.47 Å². The van der Waals surface area contributed by atoms with Crippen LogP contribution in [-0.2, 0) is 0 Å². The van der Waals surface area contributed by atoms with Crippen LogP contribution in [0.15, 0.2) is 24.3 Å². The molecule has 0 amide bonds. The maximum atomic E-state index is 8.73. The Hall–Kier alpha value is -1.73. The first kappa shape index (κ1) is 13.3. The van der Waals surface area contributed by atoms with E-state index < -0.39 is 0 Å². The first-order chi connectivity index (χ1) is 8.19. The molecule has 0 N–H and O–H groups in total. The zero-order valence-corrected chi connectivity index (χ0v) is 10.5. The van der Waals surface area contributed by atoms with E-state index in [9.17, 15) is 0 Å². The lowest BCUT2D eigenvalue weighted by molar-refractivity contribution is 0.183. The van der Waals surface area contributed by atoms with Crippen molar-refractivity contribution in [1.29, 1.82) is 5.26 Å². The topological polar surface area (TPSA) is 45.5 Å². The molecule has 1 unspecified atom stereocenters. The van der Waals surface area contributed by atoms with Crippen molar-refractivity contribution in [1.82, 2.24) is 4.90 Å². The molecule has 0 radical (unpaired) electrons. The number of nitrogens with zero attached hydrogens (tertiary/aromatic N) is 2. The molecule has 92 valence electrons. The largest absolute Gasteiger partial charge is 0.493 e. The van der Waals surface area contributed by atoms with E-state index in [0.29, 0.717) is 24.5 Å². The molecule has 0 heterocycles. The SMILES string of the molecule is COc1ccccc1OCC(CC#N)N(C)C. The molecule has 1 aromatic carbocycles. The van der Waals surface area contributed by atoms with Crippen LogP contribution in [0.4, 0.5) is 0 Å². The third-order valence-corrected chi connectivity index (χ3v) is 2.56. The van der Waals surface area contributed by atoms with Gasteiger partial charge in [0.05, 0.1) is 25.6 Å². The monoisotopic (exact) mass is 234 g/mol. The van der Waals surface area contributed by atoms with Gasteiger partial charge in [-0.05, 0) is 26.2 Å². The van der Waals surface area contributed by atoms with Crippen molar-refractivity contribution in [3.05, 3.63) is 24.3 Å². The molecular weight excluding hydrogens is 216 g/mol. The average Bonchev–Trinajstić information content (AvgIpc) is 2.34. The molecule has 0 aliphatic rings. The van der Waals surface area contributed by atoms with Crippen LogP contribution in [0.5, 0.6) is 11.5 Å². The fourth-order valence-corrected chi connectivity index (χ4v) is 1.42. The van der Waals surface area contributed by atoms with Crippen LogP contribution < -0.4 is 9.47 Å². The first-order valence-electron chi connectivity index (χ1n) is 5.48. The zero-order valence-electron chi connectivity index (χ0n) is 10.5. The second-order valence-corrected chi connectivity index (χ2v) is 3.94. The Kier molecular flexibility index (Phi) is 5.31. The Morgan fingerprint density at radius 2 is 1.94 bits per heavy atom. The van der Waals surface area contributed by atoms with Crippen molar-refractivity contribution in [2.24, 2.45) is 0 Å². The molecule has 0 aromatic heterocycles. The predicted octanol–water partition coefficient (Wildman–Crippen LogP) is 1.92. The highest BCUT2D eigenvalue weighted by atomic mass is 16.5. The summed E-state index contributed by atoms with van der Waals surface area (Å²) >= 11 is 0. The molecule has 4 heteroatoms. The van der Waals surface area contributed by atoms with E-state index in [1.54, 1.807) is 7.11 Å². The number of hydrogen-bond donors (Lipinski definition) is 0. The van der Waals surface area contributed by atoms with Gasteiger partial charge in [-0.1, -0.05) is 12.1 Å². The van der Waals surface area contributed by atoms with Crippen molar-refractivity contribution in [2.45, 2.75) is 12.5 Å². The molecule has 0 spiro atoms. The van der Waals surface area contributed by atoms with Crippen LogP contribution in [-0.4, -0.2) is 38.8 Å². The van der Waals surface area contributed by atoms with Gasteiger partial charge in [-0.2, -0.15) is 5.26 Å². The Bertz CT molecular complexity index is 385. The molecule has 0 saturated carbocycles. The summed E-state index contributed by atoms with van der Waals surface area (Å²) in [5.74, 6) is 1.42. The predicted molar refractivity (Wildman–Crippen MR) is 66.2 cm³/mol. The Labute approximate surface area is 102 Å². The lowest BCUT2D eigenvalue weighted by Gasteiger charge is -2.22. The van der Waals surface area contributed by atoms with E-state index in [0.717, 1.165) is 0 Å². The van der Waals surface area contributed by atoms with Crippen LogP contribution in [0.2, 0.25) is 0 Å². The normalized spacial score (nSPS) is 11.9. The molecule has 0 fully saturated rings. The van der Waals surface area contributed by atoms with Crippen molar-refractivity contribution in [3.8, 4) is 17.6 Å². The molecule has 1 aromatic rings. The summed E-state index contributed by atoms with van der Waals surface area (Å²) in [6, 6.07) is 9.75. The maximum absolute atomic E-state index is 8.73. The smallest absolute Gasteiger partial charge is 0.161 e. The number of nitriles is 1. The van der Waals surface area contributed by atoms with Crippen LogP contribution in [0.25, 0.3) is 0 Å². The van der Waals surface area contributed by atoms with Crippen molar-refractivity contribution in [2.75, 3.05) is 27.8 Å². The van der Waals surface area contributed by atoms with E-state index >= 15 is 0 Å². The van der Waals surface area contributed by atoms with E-state index in [1.165, 1.54) is 0 Å². The van der Waals surface area contributed by atoms with E-state index in [1.807, 2.05) is 43.3 Å². The molecule has 17 heavy (non-hydrogen) atoms. The highest BCUT2D eigenvalue weighted by molar-refractivity contribution is 5.39. The molecule has 0 aliphatic carbocycles. The number of methoxy groups -OCH3 is 1. The Balaban J connectivity index is 2.62. The lowest BCUT2D eigenvalue weighted by Crippen LogP contribution is -2.33. The van der Waals surface area contributed by atoms with Gasteiger partial charge in [-0.25, -0.2) is 0 Å². The van der Waals surface area contributed by atoms with Gasteiger partial charge in [-0.15, -0.1) is 0 Å². The minimum Gasteiger partial charge on any atom is -0.493 e. The molecular formula is C13H18N2O2. The maximum Gasteiger partial charge on any atom is 0.161 e. The minimum atomic E-state index is 0.0879. The van der Waals surface area contributed by atoms with Gasteiger partial charge in [0.25, 0.3) is 0 Å². The first-order valence-corrected chi connectivity index (χ1v) is 5.48. The van der Waals surface area contributed by atoms with E-state index in [2.05, 4.69) is 6.07 Å². The molecule has 0 bridgehead atoms. The van der Waals surface area contributed by atoms with Gasteiger partial charge < -0.3 is 14.4 Å². The molecule has 1 atom stereocenters. The van der Waals surface area contributed by atoms with Gasteiger partial charge in [0.1, 0.15) is 6.61 Å². The summed E-state index contributed by atoms with van der Waals surface area (Å²) in [4.78, 5) is 1.98. The number of hydrogen-bond acceptors (Lipinski definition) is 4. The Morgan fingerprint density at radius 3 is 2.47 bits per heavy atom. The van der Waals surface area contributed by atoms with Crippen LogP contribution in [0.3, 0.4) is 0 Å². The zero-order chi connectivity index (χ0) is 12.7.